The van der Waals surface area contributed by atoms with E-state index in [9.17, 15) is 19.5 Å². The van der Waals surface area contributed by atoms with Crippen LogP contribution in [0, 0.1) is 0 Å². The maximum absolute atomic E-state index is 13.0. The van der Waals surface area contributed by atoms with Crippen LogP contribution in [-0.2, 0) is 16.1 Å². The fraction of sp³-hybridized carbons (Fsp3) is 0.348. The number of anilines is 1. The number of ether oxygens (including phenoxy) is 1. The molecule has 10 heteroatoms. The van der Waals surface area contributed by atoms with Crippen molar-refractivity contribution in [2.45, 2.75) is 51.4 Å². The first kappa shape index (κ1) is 24.7. The Balaban J connectivity index is 1.75. The molecule has 0 fully saturated rings. The van der Waals surface area contributed by atoms with Gasteiger partial charge in [-0.25, -0.2) is 9.59 Å². The van der Waals surface area contributed by atoms with Crippen molar-refractivity contribution in [1.82, 2.24) is 10.6 Å². The molecular weight excluding hydrogens is 469 g/mol. The van der Waals surface area contributed by atoms with Crippen LogP contribution >= 0.6 is 23.2 Å². The van der Waals surface area contributed by atoms with Gasteiger partial charge in [0.05, 0.1) is 6.04 Å². The summed E-state index contributed by atoms with van der Waals surface area (Å²) in [5, 5.41) is 18.6. The first-order chi connectivity index (χ1) is 15.4. The number of carbonyl (C=O) groups excluding carboxylic acids is 2. The molecule has 4 N–H and O–H groups in total. The van der Waals surface area contributed by atoms with Crippen LogP contribution in [0.3, 0.4) is 0 Å². The van der Waals surface area contributed by atoms with Crippen molar-refractivity contribution < 1.29 is 24.2 Å². The summed E-state index contributed by atoms with van der Waals surface area (Å²) in [6, 6.07) is 8.33. The van der Waals surface area contributed by atoms with Gasteiger partial charge in [-0.15, -0.1) is 0 Å². The minimum atomic E-state index is -1.05. The van der Waals surface area contributed by atoms with Gasteiger partial charge >= 0.3 is 12.1 Å². The number of hydrogen-bond acceptors (Lipinski definition) is 5. The van der Waals surface area contributed by atoms with Gasteiger partial charge in [-0.2, -0.15) is 0 Å². The Kier molecular flexibility index (Phi) is 7.39. The zero-order chi connectivity index (χ0) is 24.3. The summed E-state index contributed by atoms with van der Waals surface area (Å²) >= 11 is 12.4. The van der Waals surface area contributed by atoms with E-state index in [4.69, 9.17) is 27.9 Å². The van der Waals surface area contributed by atoms with Crippen molar-refractivity contribution in [3.05, 3.63) is 63.1 Å². The van der Waals surface area contributed by atoms with E-state index in [0.717, 1.165) is 0 Å². The number of halogens is 2. The van der Waals surface area contributed by atoms with Crippen molar-refractivity contribution in [1.29, 1.82) is 0 Å². The number of hydrogen-bond donors (Lipinski definition) is 4. The van der Waals surface area contributed by atoms with Gasteiger partial charge in [0.2, 0.25) is 0 Å². The molecule has 33 heavy (non-hydrogen) atoms. The third-order valence-electron chi connectivity index (χ3n) is 4.87. The van der Waals surface area contributed by atoms with Gasteiger partial charge in [-0.05, 0) is 50.6 Å². The molecule has 0 spiro atoms. The summed E-state index contributed by atoms with van der Waals surface area (Å²) in [6.07, 6.45) is -0.452. The summed E-state index contributed by atoms with van der Waals surface area (Å²) in [5.41, 5.74) is 1.49. The van der Waals surface area contributed by atoms with Crippen LogP contribution in [0.5, 0.6) is 0 Å². The molecule has 1 aliphatic heterocycles. The maximum Gasteiger partial charge on any atom is 0.407 e. The lowest BCUT2D eigenvalue weighted by molar-refractivity contribution is -0.138. The Bertz CT molecular complexity index is 1080. The predicted molar refractivity (Wildman–Crippen MR) is 126 cm³/mol. The van der Waals surface area contributed by atoms with E-state index in [1.165, 1.54) is 0 Å². The van der Waals surface area contributed by atoms with Crippen LogP contribution < -0.4 is 16.0 Å². The molecule has 2 atom stereocenters. The molecule has 2 aromatic rings. The number of amides is 2. The fourth-order valence-corrected chi connectivity index (χ4v) is 4.13. The maximum atomic E-state index is 13.0. The molecule has 3 rings (SSSR count). The van der Waals surface area contributed by atoms with Gasteiger partial charge in [0.1, 0.15) is 11.6 Å². The molecule has 2 aromatic carbocycles. The van der Waals surface area contributed by atoms with Crippen molar-refractivity contribution in [3.8, 4) is 0 Å². The molecular formula is C23H25Cl2N3O5. The molecule has 2 amide bonds. The first-order valence-corrected chi connectivity index (χ1v) is 11.0. The van der Waals surface area contributed by atoms with E-state index in [1.54, 1.807) is 57.2 Å². The van der Waals surface area contributed by atoms with Crippen molar-refractivity contribution in [3.63, 3.8) is 0 Å². The molecule has 176 valence electrons. The number of rotatable bonds is 5. The van der Waals surface area contributed by atoms with E-state index in [1.807, 2.05) is 0 Å². The number of benzene rings is 2. The zero-order valence-electron chi connectivity index (χ0n) is 18.4. The molecule has 8 nitrogen and oxygen atoms in total. The number of alkyl carbamates (subject to hydrolysis) is 1. The topological polar surface area (TPSA) is 117 Å². The highest BCUT2D eigenvalue weighted by molar-refractivity contribution is 6.35. The number of carboxylic acids is 1. The Morgan fingerprint density at radius 1 is 1.18 bits per heavy atom. The molecule has 0 aliphatic carbocycles. The molecule has 0 aromatic heterocycles. The average molecular weight is 494 g/mol. The Hall–Kier alpha value is -2.97. The van der Waals surface area contributed by atoms with Crippen LogP contribution in [0.4, 0.5) is 10.5 Å². The second-order valence-corrected chi connectivity index (χ2v) is 9.55. The highest BCUT2D eigenvalue weighted by Crippen LogP contribution is 2.40. The molecule has 0 radical (unpaired) electrons. The van der Waals surface area contributed by atoms with Crippen LogP contribution in [0.25, 0.3) is 0 Å². The molecule has 1 aliphatic rings. The van der Waals surface area contributed by atoms with Crippen molar-refractivity contribution in [2.24, 2.45) is 0 Å². The number of carboxylic acid groups (broad SMARTS) is 1. The second-order valence-electron chi connectivity index (χ2n) is 8.70. The molecule has 0 saturated carbocycles. The monoisotopic (exact) mass is 493 g/mol. The van der Waals surface area contributed by atoms with E-state index in [2.05, 4.69) is 16.0 Å². The Labute approximate surface area is 201 Å². The summed E-state index contributed by atoms with van der Waals surface area (Å²) in [7, 11) is 0. The lowest BCUT2D eigenvalue weighted by Crippen LogP contribution is -2.41. The number of fused-ring (bicyclic) bond motifs is 1. The fourth-order valence-electron chi connectivity index (χ4n) is 3.50. The average Bonchev–Trinajstić information content (AvgIpc) is 2.70. The highest BCUT2D eigenvalue weighted by atomic mass is 35.5. The van der Waals surface area contributed by atoms with Gasteiger partial charge in [0.15, 0.2) is 0 Å². The summed E-state index contributed by atoms with van der Waals surface area (Å²) in [4.78, 5) is 36.5. The molecule has 0 bridgehead atoms. The zero-order valence-corrected chi connectivity index (χ0v) is 19.9. The Morgan fingerprint density at radius 3 is 2.58 bits per heavy atom. The largest absolute Gasteiger partial charge is 0.480 e. The van der Waals surface area contributed by atoms with Gasteiger partial charge in [0.25, 0.3) is 5.91 Å². The summed E-state index contributed by atoms with van der Waals surface area (Å²) in [6.45, 7) is 5.49. The number of aliphatic carboxylic acids is 1. The third-order valence-corrected chi connectivity index (χ3v) is 5.40. The smallest absolute Gasteiger partial charge is 0.407 e. The Morgan fingerprint density at radius 2 is 1.91 bits per heavy atom. The van der Waals surface area contributed by atoms with Crippen LogP contribution in [0.2, 0.25) is 10.0 Å². The predicted octanol–water partition coefficient (Wildman–Crippen LogP) is 4.76. The van der Waals surface area contributed by atoms with E-state index < -0.39 is 35.7 Å². The quantitative estimate of drug-likeness (QED) is 0.477. The van der Waals surface area contributed by atoms with Gasteiger partial charge in [0, 0.05) is 39.8 Å². The third kappa shape index (κ3) is 6.52. The molecule has 0 saturated heterocycles. The van der Waals surface area contributed by atoms with Gasteiger partial charge < -0.3 is 25.8 Å². The van der Waals surface area contributed by atoms with Crippen molar-refractivity contribution in [2.75, 3.05) is 5.32 Å². The molecule has 0 unspecified atom stereocenters. The summed E-state index contributed by atoms with van der Waals surface area (Å²) < 4.78 is 5.21. The number of carbonyl (C=O) groups is 3. The van der Waals surface area contributed by atoms with E-state index in [0.29, 0.717) is 32.4 Å². The van der Waals surface area contributed by atoms with Crippen LogP contribution in [-0.4, -0.2) is 34.7 Å². The first-order valence-electron chi connectivity index (χ1n) is 10.3. The summed E-state index contributed by atoms with van der Waals surface area (Å²) in [5.74, 6) is -1.45. The normalized spacial score (nSPS) is 17.4. The van der Waals surface area contributed by atoms with Crippen LogP contribution in [0.15, 0.2) is 36.4 Å². The minimum Gasteiger partial charge on any atom is -0.480 e. The van der Waals surface area contributed by atoms with E-state index >= 15 is 0 Å². The number of nitrogens with one attached hydrogen (secondary N) is 3. The van der Waals surface area contributed by atoms with Crippen molar-refractivity contribution >= 4 is 46.9 Å². The van der Waals surface area contributed by atoms with Crippen LogP contribution in [0.1, 0.15) is 54.7 Å². The highest BCUT2D eigenvalue weighted by Gasteiger charge is 2.33. The van der Waals surface area contributed by atoms with E-state index in [-0.39, 0.29) is 13.0 Å². The standard InChI is InChI=1S/C23H25Cl2N3O5/c1-23(2,3)33-22(32)26-11-12-5-4-6-13(7-12)20(29)28-17-10-18(21(30)31)27-16-9-14(24)8-15(25)19(16)17/h4-9,17-18,27H,10-11H2,1-3H3,(H,26,32)(H,28,29)(H,30,31)/t17-,18+/m0/s1. The second kappa shape index (κ2) is 9.89. The lowest BCUT2D eigenvalue weighted by Gasteiger charge is -2.32. The van der Waals surface area contributed by atoms with Gasteiger partial charge in [-0.3, -0.25) is 4.79 Å². The SMILES string of the molecule is CC(C)(C)OC(=O)NCc1cccc(C(=O)N[C@H]2C[C@H](C(=O)O)Nc3cc(Cl)cc(Cl)c32)c1. The minimum absolute atomic E-state index is 0.106. The lowest BCUT2D eigenvalue weighted by atomic mass is 9.92. The van der Waals surface area contributed by atoms with Gasteiger partial charge in [-0.1, -0.05) is 35.3 Å². The molecule has 1 heterocycles.